The van der Waals surface area contributed by atoms with Gasteiger partial charge in [0.2, 0.25) is 0 Å². The molecule has 0 aliphatic heterocycles. The molecule has 0 aliphatic carbocycles. The largest absolute Gasteiger partial charge is 0.317 e. The van der Waals surface area contributed by atoms with Crippen molar-refractivity contribution in [3.63, 3.8) is 0 Å². The van der Waals surface area contributed by atoms with Gasteiger partial charge in [-0.2, -0.15) is 0 Å². The van der Waals surface area contributed by atoms with Crippen LogP contribution >= 0.6 is 0 Å². The standard InChI is InChI=1S/2C18H37.2C10H23N.C4H9.Al/c2*1-3-5-7-9-11-13-15-17-18-16-14-12-10-8-6-4-2;2*1-3-5-7-9-11-10-8-6-4-2;1-4(2)3;/h2*1,3-18H2,2H3;2*11H,3-10H2,1-2H3;4H,1H2,2-3H3;. The van der Waals surface area contributed by atoms with Crippen molar-refractivity contribution in [3.8, 4) is 0 Å². The number of hydrogen-bond acceptors (Lipinski definition) is 2. The lowest BCUT2D eigenvalue weighted by Gasteiger charge is -2.14. The van der Waals surface area contributed by atoms with Crippen LogP contribution in [0.15, 0.2) is 0 Å². The molecule has 0 amide bonds. The van der Waals surface area contributed by atoms with E-state index >= 15 is 0 Å². The first-order chi connectivity index (χ1) is 31.0. The minimum Gasteiger partial charge on any atom is -0.317 e. The average molecular weight is 906 g/mol. The summed E-state index contributed by atoms with van der Waals surface area (Å²) in [6.07, 6.45) is 63.9. The van der Waals surface area contributed by atoms with Crippen molar-refractivity contribution >= 4 is 14.1 Å². The summed E-state index contributed by atoms with van der Waals surface area (Å²) in [5.74, 6) is 0.939. The van der Waals surface area contributed by atoms with Crippen molar-refractivity contribution in [2.45, 2.75) is 354 Å². The molecule has 2 nitrogen and oxygen atoms in total. The molecular formula is C60H129AlN2. The summed E-state index contributed by atoms with van der Waals surface area (Å²) in [5, 5.41) is 11.8. The van der Waals surface area contributed by atoms with Crippen molar-refractivity contribution in [2.24, 2.45) is 5.92 Å². The fourth-order valence-electron chi connectivity index (χ4n) is 9.26. The maximum atomic E-state index is 3.46. The molecule has 0 fully saturated rings. The van der Waals surface area contributed by atoms with E-state index < -0.39 is 14.1 Å². The third-order valence-electron chi connectivity index (χ3n) is 13.6. The fourth-order valence-corrected chi connectivity index (χ4v) is 13.1. The van der Waals surface area contributed by atoms with Crippen molar-refractivity contribution < 1.29 is 0 Å². The second-order valence-corrected chi connectivity index (χ2v) is 24.4. The van der Waals surface area contributed by atoms with Crippen LogP contribution in [0.5, 0.6) is 0 Å². The van der Waals surface area contributed by atoms with E-state index in [0.29, 0.717) is 0 Å². The summed E-state index contributed by atoms with van der Waals surface area (Å²) in [4.78, 5) is 0. The number of nitrogens with one attached hydrogen (secondary N) is 2. The maximum absolute atomic E-state index is 3.46. The summed E-state index contributed by atoms with van der Waals surface area (Å²) in [6, 6.07) is 0. The van der Waals surface area contributed by atoms with Gasteiger partial charge in [0.05, 0.1) is 0 Å². The van der Waals surface area contributed by atoms with Crippen LogP contribution in [0.1, 0.15) is 338 Å². The van der Waals surface area contributed by atoms with Crippen LogP contribution < -0.4 is 10.6 Å². The van der Waals surface area contributed by atoms with Gasteiger partial charge in [0.1, 0.15) is 0 Å². The van der Waals surface area contributed by atoms with E-state index in [4.69, 9.17) is 0 Å². The van der Waals surface area contributed by atoms with Gasteiger partial charge in [-0.3, -0.25) is 0 Å². The molecule has 0 bridgehead atoms. The molecule has 3 heteroatoms. The van der Waals surface area contributed by atoms with E-state index in [1.54, 1.807) is 28.7 Å². The predicted octanol–water partition coefficient (Wildman–Crippen LogP) is 21.6. The van der Waals surface area contributed by atoms with Crippen LogP contribution in [0, 0.1) is 5.92 Å². The molecule has 0 heterocycles. The second-order valence-electron chi connectivity index (χ2n) is 21.0. The summed E-state index contributed by atoms with van der Waals surface area (Å²) in [6.45, 7) is 23.4. The smallest absolute Gasteiger partial charge is 0.262 e. The Hall–Kier alpha value is 0.452. The Morgan fingerprint density at radius 3 is 0.603 bits per heavy atom. The van der Waals surface area contributed by atoms with Gasteiger partial charge in [-0.15, -0.1) is 0 Å². The minimum atomic E-state index is -0.478. The third kappa shape index (κ3) is 71.6. The van der Waals surface area contributed by atoms with Crippen molar-refractivity contribution in [1.29, 1.82) is 0 Å². The van der Waals surface area contributed by atoms with Gasteiger partial charge in [-0.05, 0) is 51.9 Å². The van der Waals surface area contributed by atoms with E-state index in [1.165, 1.54) is 296 Å². The van der Waals surface area contributed by atoms with Crippen LogP contribution in [0.25, 0.3) is 0 Å². The van der Waals surface area contributed by atoms with E-state index in [9.17, 15) is 0 Å². The van der Waals surface area contributed by atoms with Crippen LogP contribution in [0.2, 0.25) is 15.8 Å². The molecule has 0 saturated heterocycles. The van der Waals surface area contributed by atoms with Gasteiger partial charge in [0.15, 0.2) is 0 Å². The third-order valence-corrected chi connectivity index (χ3v) is 17.6. The summed E-state index contributed by atoms with van der Waals surface area (Å²) in [5.41, 5.74) is 0. The zero-order valence-electron chi connectivity index (χ0n) is 46.2. The lowest BCUT2D eigenvalue weighted by Crippen LogP contribution is -2.16. The van der Waals surface area contributed by atoms with E-state index in [0.717, 1.165) is 5.92 Å². The second kappa shape index (κ2) is 66.7. The highest BCUT2D eigenvalue weighted by Crippen LogP contribution is 2.22. The van der Waals surface area contributed by atoms with Gasteiger partial charge >= 0.3 is 0 Å². The monoisotopic (exact) mass is 905 g/mol. The first-order valence-electron chi connectivity index (χ1n) is 30.4. The van der Waals surface area contributed by atoms with Crippen LogP contribution in [0.3, 0.4) is 0 Å². The Labute approximate surface area is 408 Å². The lowest BCUT2D eigenvalue weighted by atomic mass is 10.0. The van der Waals surface area contributed by atoms with Gasteiger partial charge in [0.25, 0.3) is 14.1 Å². The Morgan fingerprint density at radius 1 is 0.238 bits per heavy atom. The van der Waals surface area contributed by atoms with Gasteiger partial charge in [-0.25, -0.2) is 0 Å². The molecule has 0 radical (unpaired) electrons. The summed E-state index contributed by atoms with van der Waals surface area (Å²) < 4.78 is 0. The molecule has 0 unspecified atom stereocenters. The molecule has 0 atom stereocenters. The van der Waals surface area contributed by atoms with E-state index in [-0.39, 0.29) is 0 Å². The first-order valence-corrected chi connectivity index (χ1v) is 32.9. The summed E-state index contributed by atoms with van der Waals surface area (Å²) in [7, 11) is 0. The molecule has 0 aromatic rings. The molecule has 0 saturated carbocycles. The van der Waals surface area contributed by atoms with Crippen molar-refractivity contribution in [1.82, 2.24) is 10.6 Å². The van der Waals surface area contributed by atoms with Crippen molar-refractivity contribution in [2.75, 3.05) is 26.2 Å². The molecule has 0 aromatic carbocycles. The van der Waals surface area contributed by atoms with E-state index in [1.807, 2.05) is 0 Å². The number of hydrogen-bond donors (Lipinski definition) is 2. The molecule has 0 spiro atoms. The molecule has 0 rings (SSSR count). The zero-order valence-corrected chi connectivity index (χ0v) is 47.4. The Bertz CT molecular complexity index is 642. The number of rotatable bonds is 52. The topological polar surface area (TPSA) is 24.1 Å². The van der Waals surface area contributed by atoms with Gasteiger partial charge in [0, 0.05) is 0 Å². The Kier molecular flexibility index (Phi) is 71.7. The SMILES string of the molecule is CCCCCCCCCCCCCCCCC[CH2][Al]([CH2]CCCCCCCCCCCCCCCCC)[CH2]C(C)C.CCCCCNCCCCC.CCCCCNCCCCC. The number of unbranched alkanes of at least 4 members (excludes halogenated alkanes) is 38. The van der Waals surface area contributed by atoms with E-state index in [2.05, 4.69) is 66.0 Å². The minimum absolute atomic E-state index is 0.478. The average Bonchev–Trinajstić information content (AvgIpc) is 3.28. The zero-order chi connectivity index (χ0) is 46.6. The molecule has 0 aromatic heterocycles. The highest BCUT2D eigenvalue weighted by Gasteiger charge is 2.17. The van der Waals surface area contributed by atoms with Crippen molar-refractivity contribution in [3.05, 3.63) is 0 Å². The first kappa shape index (κ1) is 67.7. The molecule has 382 valence electrons. The summed E-state index contributed by atoms with van der Waals surface area (Å²) >= 11 is -0.478. The van der Waals surface area contributed by atoms with Crippen LogP contribution in [-0.2, 0) is 0 Å². The Balaban J connectivity index is -0.00000132. The van der Waals surface area contributed by atoms with Crippen LogP contribution in [0.4, 0.5) is 0 Å². The molecule has 0 aliphatic rings. The fraction of sp³-hybridized carbons (Fsp3) is 1.00. The molecule has 63 heavy (non-hydrogen) atoms. The highest BCUT2D eigenvalue weighted by atomic mass is 27.2. The van der Waals surface area contributed by atoms with Crippen LogP contribution in [-0.4, -0.2) is 40.3 Å². The lowest BCUT2D eigenvalue weighted by molar-refractivity contribution is 0.530. The highest BCUT2D eigenvalue weighted by molar-refractivity contribution is 6.58. The Morgan fingerprint density at radius 2 is 0.413 bits per heavy atom. The maximum Gasteiger partial charge on any atom is 0.262 e. The normalized spacial score (nSPS) is 11.2. The quantitative estimate of drug-likeness (QED) is 0.0469. The predicted molar refractivity (Wildman–Crippen MR) is 298 cm³/mol. The van der Waals surface area contributed by atoms with Gasteiger partial charge < -0.3 is 10.6 Å². The molecular weight excluding hydrogens is 776 g/mol. The van der Waals surface area contributed by atoms with Gasteiger partial charge in [-0.1, -0.05) is 334 Å². The molecule has 2 N–H and O–H groups in total.